The molecule has 3 heterocycles. The van der Waals surface area contributed by atoms with Crippen molar-refractivity contribution in [1.29, 1.82) is 0 Å². The molecule has 198 valence electrons. The molecule has 37 heavy (non-hydrogen) atoms. The van der Waals surface area contributed by atoms with Crippen molar-refractivity contribution >= 4 is 5.69 Å². The van der Waals surface area contributed by atoms with E-state index in [0.717, 1.165) is 5.56 Å². The van der Waals surface area contributed by atoms with Crippen LogP contribution in [0, 0.1) is 6.92 Å². The number of aryl methyl sites for hydroxylation is 1. The molecule has 3 aromatic rings. The van der Waals surface area contributed by atoms with Gasteiger partial charge >= 0.3 is 11.9 Å². The molecule has 0 saturated carbocycles. The normalized spacial score (nSPS) is 14.6. The van der Waals surface area contributed by atoms with Crippen LogP contribution in [-0.2, 0) is 13.1 Å². The molecule has 0 spiro atoms. The summed E-state index contributed by atoms with van der Waals surface area (Å²) in [7, 11) is 0. The quantitative estimate of drug-likeness (QED) is 0.435. The van der Waals surface area contributed by atoms with E-state index in [9.17, 15) is 22.8 Å². The number of nitrogens with zero attached hydrogens (tertiary/aromatic N) is 5. The average Bonchev–Trinajstić information content (AvgIpc) is 2.89. The Kier molecular flexibility index (Phi) is 8.32. The smallest absolute Gasteiger partial charge is 0.422 e. The Hall–Kier alpha value is -3.60. The summed E-state index contributed by atoms with van der Waals surface area (Å²) < 4.78 is 45.7. The minimum absolute atomic E-state index is 0.217. The molecule has 1 saturated heterocycles. The van der Waals surface area contributed by atoms with Crippen molar-refractivity contribution in [2.45, 2.75) is 32.6 Å². The van der Waals surface area contributed by atoms with Crippen LogP contribution in [0.4, 0.5) is 18.9 Å². The van der Waals surface area contributed by atoms with E-state index in [1.54, 1.807) is 55.8 Å². The van der Waals surface area contributed by atoms with Gasteiger partial charge in [-0.25, -0.2) is 4.79 Å². The number of anilines is 1. The lowest BCUT2D eigenvalue weighted by Gasteiger charge is -2.36. The predicted octanol–water partition coefficient (Wildman–Crippen LogP) is 2.92. The van der Waals surface area contributed by atoms with Crippen molar-refractivity contribution in [3.8, 4) is 5.75 Å². The number of para-hydroxylation sites is 2. The highest BCUT2D eigenvalue weighted by Gasteiger charge is 2.29. The number of aromatic nitrogens is 3. The maximum Gasteiger partial charge on any atom is 0.422 e. The first-order valence-electron chi connectivity index (χ1n) is 12.2. The van der Waals surface area contributed by atoms with Gasteiger partial charge in [0, 0.05) is 56.9 Å². The molecule has 2 aromatic heterocycles. The van der Waals surface area contributed by atoms with E-state index in [-0.39, 0.29) is 17.0 Å². The summed E-state index contributed by atoms with van der Waals surface area (Å²) in [6.45, 7) is 4.40. The van der Waals surface area contributed by atoms with E-state index < -0.39 is 12.8 Å². The average molecular weight is 518 g/mol. The Morgan fingerprint density at radius 2 is 1.76 bits per heavy atom. The Morgan fingerprint density at radius 1 is 1.00 bits per heavy atom. The van der Waals surface area contributed by atoms with Crippen molar-refractivity contribution < 1.29 is 17.9 Å². The van der Waals surface area contributed by atoms with Crippen molar-refractivity contribution in [2.75, 3.05) is 44.2 Å². The van der Waals surface area contributed by atoms with Crippen LogP contribution in [-0.4, -0.2) is 64.5 Å². The van der Waals surface area contributed by atoms with Crippen LogP contribution in [0.2, 0.25) is 0 Å². The van der Waals surface area contributed by atoms with Crippen molar-refractivity contribution in [3.63, 3.8) is 0 Å². The number of pyridine rings is 1. The van der Waals surface area contributed by atoms with Crippen molar-refractivity contribution in [1.82, 2.24) is 19.0 Å². The lowest BCUT2D eigenvalue weighted by Crippen LogP contribution is -2.47. The summed E-state index contributed by atoms with van der Waals surface area (Å²) in [6.07, 6.45) is 1.17. The van der Waals surface area contributed by atoms with Crippen LogP contribution in [0.15, 0.2) is 64.6 Å². The highest BCUT2D eigenvalue weighted by atomic mass is 19.4. The van der Waals surface area contributed by atoms with Crippen molar-refractivity contribution in [2.24, 2.45) is 0 Å². The lowest BCUT2D eigenvalue weighted by molar-refractivity contribution is -0.153. The van der Waals surface area contributed by atoms with E-state index in [2.05, 4.69) is 9.88 Å². The molecule has 0 unspecified atom stereocenters. The van der Waals surface area contributed by atoms with E-state index in [1.165, 1.54) is 9.13 Å². The molecule has 0 bridgehead atoms. The van der Waals surface area contributed by atoms with Crippen LogP contribution in [0.5, 0.6) is 5.75 Å². The zero-order valence-corrected chi connectivity index (χ0v) is 20.7. The molecule has 0 N–H and O–H groups in total. The molecule has 1 aromatic carbocycles. The summed E-state index contributed by atoms with van der Waals surface area (Å²) in [4.78, 5) is 34.0. The number of rotatable bonds is 9. The van der Waals surface area contributed by atoms with Crippen LogP contribution in [0.1, 0.15) is 17.5 Å². The van der Waals surface area contributed by atoms with Crippen molar-refractivity contribution in [3.05, 3.63) is 87.0 Å². The van der Waals surface area contributed by atoms with Gasteiger partial charge in [0.25, 0.3) is 5.56 Å². The monoisotopic (exact) mass is 517 g/mol. The maximum absolute atomic E-state index is 13.0. The summed E-state index contributed by atoms with van der Waals surface area (Å²) in [5.41, 5.74) is 1.39. The first-order valence-corrected chi connectivity index (χ1v) is 12.2. The molecule has 11 heteroatoms. The minimum atomic E-state index is -4.40. The first kappa shape index (κ1) is 26.5. The molecule has 1 fully saturated rings. The van der Waals surface area contributed by atoms with Crippen LogP contribution in [0.3, 0.4) is 0 Å². The summed E-state index contributed by atoms with van der Waals surface area (Å²) in [5, 5.41) is 0. The van der Waals surface area contributed by atoms with Gasteiger partial charge in [-0.3, -0.25) is 23.8 Å². The van der Waals surface area contributed by atoms with Gasteiger partial charge < -0.3 is 9.64 Å². The third kappa shape index (κ3) is 7.00. The first-order chi connectivity index (χ1) is 17.7. The molecule has 0 atom stereocenters. The van der Waals surface area contributed by atoms with Gasteiger partial charge in [-0.1, -0.05) is 18.2 Å². The van der Waals surface area contributed by atoms with Gasteiger partial charge in [0.15, 0.2) is 6.61 Å². The summed E-state index contributed by atoms with van der Waals surface area (Å²) in [5.74, 6) is 0.217. The Labute approximate surface area is 212 Å². The van der Waals surface area contributed by atoms with E-state index >= 15 is 0 Å². The molecule has 0 aliphatic carbocycles. The highest BCUT2D eigenvalue weighted by Crippen LogP contribution is 2.30. The second-order valence-electron chi connectivity index (χ2n) is 9.09. The SMILES string of the molecule is Cc1cn(Cc2cccnc2)c(=O)n(CCCN2CCN(c3ccccc3OCC(F)(F)F)CC2)c1=O. The number of benzene rings is 1. The third-order valence-corrected chi connectivity index (χ3v) is 6.31. The number of hydrogen-bond donors (Lipinski definition) is 0. The second kappa shape index (κ2) is 11.6. The van der Waals surface area contributed by atoms with E-state index in [0.29, 0.717) is 63.5 Å². The zero-order valence-electron chi connectivity index (χ0n) is 20.7. The molecule has 0 radical (unpaired) electrons. The fourth-order valence-electron chi connectivity index (χ4n) is 4.46. The van der Waals surface area contributed by atoms with Crippen LogP contribution < -0.4 is 20.9 Å². The lowest BCUT2D eigenvalue weighted by atomic mass is 10.2. The third-order valence-electron chi connectivity index (χ3n) is 6.31. The number of piperazine rings is 1. The fraction of sp³-hybridized carbons (Fsp3) is 0.423. The Balaban J connectivity index is 1.33. The predicted molar refractivity (Wildman–Crippen MR) is 134 cm³/mol. The fourth-order valence-corrected chi connectivity index (χ4v) is 4.46. The molecular formula is C26H30F3N5O3. The minimum Gasteiger partial charge on any atom is -0.482 e. The summed E-state index contributed by atoms with van der Waals surface area (Å²) in [6, 6.07) is 10.4. The van der Waals surface area contributed by atoms with Crippen LogP contribution in [0.25, 0.3) is 0 Å². The molecule has 8 nitrogen and oxygen atoms in total. The molecular weight excluding hydrogens is 487 g/mol. The maximum atomic E-state index is 13.0. The van der Waals surface area contributed by atoms with Gasteiger partial charge in [0.05, 0.1) is 12.2 Å². The molecule has 1 aliphatic heterocycles. The largest absolute Gasteiger partial charge is 0.482 e. The number of ether oxygens (including phenoxy) is 1. The van der Waals surface area contributed by atoms with Gasteiger partial charge in [-0.15, -0.1) is 0 Å². The summed E-state index contributed by atoms with van der Waals surface area (Å²) >= 11 is 0. The Morgan fingerprint density at radius 3 is 2.46 bits per heavy atom. The second-order valence-corrected chi connectivity index (χ2v) is 9.09. The number of hydrogen-bond acceptors (Lipinski definition) is 6. The molecule has 1 aliphatic rings. The van der Waals surface area contributed by atoms with Gasteiger partial charge in [0.1, 0.15) is 5.75 Å². The van der Waals surface area contributed by atoms with Gasteiger partial charge in [-0.2, -0.15) is 13.2 Å². The zero-order chi connectivity index (χ0) is 26.4. The van der Waals surface area contributed by atoms with Crippen LogP contribution >= 0.6 is 0 Å². The number of halogens is 3. The Bertz CT molecular complexity index is 1300. The molecule has 0 amide bonds. The van der Waals surface area contributed by atoms with Gasteiger partial charge in [-0.05, 0) is 43.7 Å². The van der Waals surface area contributed by atoms with Gasteiger partial charge in [0.2, 0.25) is 0 Å². The van der Waals surface area contributed by atoms with E-state index in [4.69, 9.17) is 4.74 Å². The highest BCUT2D eigenvalue weighted by molar-refractivity contribution is 5.58. The van der Waals surface area contributed by atoms with E-state index in [1.807, 2.05) is 11.0 Å². The topological polar surface area (TPSA) is 72.6 Å². The standard InChI is InChI=1S/C26H30F3N5O3/c1-20-17-33(18-21-6-4-9-30-16-21)25(36)34(24(20)35)11-5-10-31-12-14-32(15-13-31)22-7-2-3-8-23(22)37-19-26(27,28)29/h2-4,6-9,16-17H,5,10-15,18-19H2,1H3. The molecule has 4 rings (SSSR count). The number of alkyl halides is 3.